The largest absolute Gasteiger partial charge is 0.318 e. The number of hydrogen-bond acceptors (Lipinski definition) is 4. The van der Waals surface area contributed by atoms with E-state index in [1.165, 1.54) is 0 Å². The van der Waals surface area contributed by atoms with Crippen LogP contribution in [0.2, 0.25) is 10.0 Å². The van der Waals surface area contributed by atoms with Crippen LogP contribution in [0.3, 0.4) is 0 Å². The molecule has 8 heteroatoms. The predicted octanol–water partition coefficient (Wildman–Crippen LogP) is 5.44. The van der Waals surface area contributed by atoms with E-state index in [1.807, 2.05) is 55.6 Å². The van der Waals surface area contributed by atoms with Crippen LogP contribution in [0.25, 0.3) is 5.69 Å². The molecule has 2 heterocycles. The molecule has 1 aliphatic heterocycles. The molecule has 27 heavy (non-hydrogen) atoms. The summed E-state index contributed by atoms with van der Waals surface area (Å²) in [5, 5.41) is 5.19. The number of hydrogen-bond donors (Lipinski definition) is 1. The molecule has 1 amide bonds. The zero-order chi connectivity index (χ0) is 19.6. The van der Waals surface area contributed by atoms with Crippen molar-refractivity contribution >= 4 is 58.8 Å². The van der Waals surface area contributed by atoms with Crippen molar-refractivity contribution in [2.24, 2.45) is 5.10 Å². The summed E-state index contributed by atoms with van der Waals surface area (Å²) in [7, 11) is 0. The van der Waals surface area contributed by atoms with Crippen molar-refractivity contribution in [2.75, 3.05) is 11.5 Å². The quantitative estimate of drug-likeness (QED) is 0.496. The third kappa shape index (κ3) is 4.86. The maximum Gasteiger partial charge on any atom is 0.242 e. The van der Waals surface area contributed by atoms with Gasteiger partial charge in [0, 0.05) is 34.1 Å². The van der Waals surface area contributed by atoms with E-state index >= 15 is 0 Å². The Morgan fingerprint density at radius 1 is 1.26 bits per heavy atom. The van der Waals surface area contributed by atoms with Crippen LogP contribution in [0.5, 0.6) is 0 Å². The number of halogens is 2. The molecule has 3 rings (SSSR count). The van der Waals surface area contributed by atoms with Gasteiger partial charge >= 0.3 is 0 Å². The first kappa shape index (κ1) is 20.6. The highest BCUT2D eigenvalue weighted by atomic mass is 35.5. The van der Waals surface area contributed by atoms with Gasteiger partial charge in [-0.15, -0.1) is 23.5 Å². The number of carbonyl (C=O) groups excluding carboxylic acids is 1. The van der Waals surface area contributed by atoms with E-state index in [9.17, 15) is 4.79 Å². The second-order valence-electron chi connectivity index (χ2n) is 6.56. The SMILES string of the molecule is Cc1cc(/C=N\NC(=O)CC2(C)SCCS2)c(C)n1-c1ccc(Cl)c(Cl)c1. The molecule has 0 radical (unpaired) electrons. The maximum absolute atomic E-state index is 12.2. The molecule has 1 aromatic carbocycles. The number of rotatable bonds is 5. The molecular weight excluding hydrogens is 421 g/mol. The van der Waals surface area contributed by atoms with Crippen LogP contribution in [0, 0.1) is 13.8 Å². The Hall–Kier alpha value is -1.08. The van der Waals surface area contributed by atoms with Gasteiger partial charge in [0.05, 0.1) is 26.8 Å². The van der Waals surface area contributed by atoms with E-state index in [1.54, 1.807) is 12.3 Å². The minimum atomic E-state index is -0.0612. The number of benzene rings is 1. The molecule has 1 N–H and O–H groups in total. The first-order valence-electron chi connectivity index (χ1n) is 8.53. The van der Waals surface area contributed by atoms with Gasteiger partial charge in [-0.05, 0) is 45.0 Å². The Balaban J connectivity index is 1.71. The van der Waals surface area contributed by atoms with Crippen LogP contribution in [-0.2, 0) is 4.79 Å². The summed E-state index contributed by atoms with van der Waals surface area (Å²) in [5.41, 5.74) is 6.59. The van der Waals surface area contributed by atoms with E-state index in [0.29, 0.717) is 16.5 Å². The number of thioether (sulfide) groups is 2. The van der Waals surface area contributed by atoms with Crippen LogP contribution in [0.1, 0.15) is 30.3 Å². The molecule has 1 aromatic heterocycles. The van der Waals surface area contributed by atoms with Crippen LogP contribution in [-0.4, -0.2) is 32.3 Å². The van der Waals surface area contributed by atoms with Gasteiger partial charge in [0.15, 0.2) is 0 Å². The van der Waals surface area contributed by atoms with E-state index in [0.717, 1.165) is 34.1 Å². The molecule has 0 saturated carbocycles. The second-order valence-corrected chi connectivity index (χ2v) is 10.8. The van der Waals surface area contributed by atoms with Gasteiger partial charge in [-0.3, -0.25) is 4.79 Å². The highest BCUT2D eigenvalue weighted by Crippen LogP contribution is 2.45. The number of nitrogens with zero attached hydrogens (tertiary/aromatic N) is 2. The Morgan fingerprint density at radius 3 is 2.63 bits per heavy atom. The van der Waals surface area contributed by atoms with Gasteiger partial charge < -0.3 is 4.57 Å². The summed E-state index contributed by atoms with van der Waals surface area (Å²) in [5.74, 6) is 2.13. The van der Waals surface area contributed by atoms with Crippen LogP contribution < -0.4 is 5.43 Å². The monoisotopic (exact) mass is 441 g/mol. The Morgan fingerprint density at radius 2 is 1.96 bits per heavy atom. The molecule has 0 bridgehead atoms. The van der Waals surface area contributed by atoms with Gasteiger partial charge in [0.1, 0.15) is 0 Å². The van der Waals surface area contributed by atoms with Gasteiger partial charge in [-0.25, -0.2) is 5.43 Å². The highest BCUT2D eigenvalue weighted by molar-refractivity contribution is 8.21. The van der Waals surface area contributed by atoms with Gasteiger partial charge in [-0.2, -0.15) is 5.10 Å². The average Bonchev–Trinajstić information content (AvgIpc) is 3.14. The summed E-state index contributed by atoms with van der Waals surface area (Å²) in [6, 6.07) is 7.57. The fourth-order valence-corrected chi connectivity index (χ4v) is 6.23. The lowest BCUT2D eigenvalue weighted by molar-refractivity contribution is -0.121. The van der Waals surface area contributed by atoms with Crippen molar-refractivity contribution in [2.45, 2.75) is 31.3 Å². The Bertz CT molecular complexity index is 889. The zero-order valence-electron chi connectivity index (χ0n) is 15.4. The molecule has 0 atom stereocenters. The summed E-state index contributed by atoms with van der Waals surface area (Å²) < 4.78 is 2.04. The average molecular weight is 442 g/mol. The first-order chi connectivity index (χ1) is 12.8. The number of aromatic nitrogens is 1. The fraction of sp³-hybridized carbons (Fsp3) is 0.368. The van der Waals surface area contributed by atoms with Gasteiger partial charge in [0.25, 0.3) is 0 Å². The topological polar surface area (TPSA) is 46.4 Å². The first-order valence-corrected chi connectivity index (χ1v) is 11.3. The molecule has 144 valence electrons. The van der Waals surface area contributed by atoms with E-state index in [4.69, 9.17) is 23.2 Å². The predicted molar refractivity (Wildman–Crippen MR) is 119 cm³/mol. The van der Waals surface area contributed by atoms with Crippen molar-refractivity contribution in [1.82, 2.24) is 9.99 Å². The third-order valence-electron chi connectivity index (χ3n) is 4.40. The fourth-order valence-electron chi connectivity index (χ4n) is 3.10. The van der Waals surface area contributed by atoms with Crippen molar-refractivity contribution in [3.05, 3.63) is 51.3 Å². The number of carbonyl (C=O) groups is 1. The lowest BCUT2D eigenvalue weighted by atomic mass is 10.2. The van der Waals surface area contributed by atoms with E-state index < -0.39 is 0 Å². The number of nitrogens with one attached hydrogen (secondary N) is 1. The van der Waals surface area contributed by atoms with Crippen molar-refractivity contribution in [3.8, 4) is 5.69 Å². The lowest BCUT2D eigenvalue weighted by Crippen LogP contribution is -2.26. The zero-order valence-corrected chi connectivity index (χ0v) is 18.5. The molecule has 2 aromatic rings. The lowest BCUT2D eigenvalue weighted by Gasteiger charge is -2.19. The minimum Gasteiger partial charge on any atom is -0.318 e. The molecule has 0 aliphatic carbocycles. The van der Waals surface area contributed by atoms with Gasteiger partial charge in [0.2, 0.25) is 5.91 Å². The number of amides is 1. The third-order valence-corrected chi connectivity index (χ3v) is 8.44. The Kier molecular flexibility index (Phi) is 6.51. The maximum atomic E-state index is 12.2. The van der Waals surface area contributed by atoms with Crippen LogP contribution >= 0.6 is 46.7 Å². The van der Waals surface area contributed by atoms with Gasteiger partial charge in [-0.1, -0.05) is 23.2 Å². The van der Waals surface area contributed by atoms with Crippen molar-refractivity contribution in [1.29, 1.82) is 0 Å². The molecule has 0 unspecified atom stereocenters. The smallest absolute Gasteiger partial charge is 0.242 e. The summed E-state index contributed by atoms with van der Waals surface area (Å²) >= 11 is 15.8. The molecule has 1 saturated heterocycles. The second kappa shape index (κ2) is 8.52. The number of aryl methyl sites for hydroxylation is 1. The molecule has 0 spiro atoms. The van der Waals surface area contributed by atoms with Crippen LogP contribution in [0.4, 0.5) is 0 Å². The molecule has 1 fully saturated rings. The Labute approximate surface area is 178 Å². The normalized spacial score (nSPS) is 16.2. The molecule has 1 aliphatic rings. The van der Waals surface area contributed by atoms with E-state index in [-0.39, 0.29) is 9.99 Å². The van der Waals surface area contributed by atoms with Crippen LogP contribution in [0.15, 0.2) is 29.4 Å². The number of hydrazone groups is 1. The standard InChI is InChI=1S/C19H21Cl2N3OS2/c1-12-8-14(11-22-23-18(25)10-19(3)26-6-7-27-19)13(2)24(12)15-4-5-16(20)17(21)9-15/h4-5,8-9,11H,6-7,10H2,1-3H3,(H,23,25)/b22-11-. The minimum absolute atomic E-state index is 0.0384. The van der Waals surface area contributed by atoms with Crippen molar-refractivity contribution in [3.63, 3.8) is 0 Å². The van der Waals surface area contributed by atoms with E-state index in [2.05, 4.69) is 22.0 Å². The van der Waals surface area contributed by atoms with Crippen molar-refractivity contribution < 1.29 is 4.79 Å². The highest BCUT2D eigenvalue weighted by Gasteiger charge is 2.32. The molecule has 4 nitrogen and oxygen atoms in total. The summed E-state index contributed by atoms with van der Waals surface area (Å²) in [6.45, 7) is 6.13. The molecular formula is C19H21Cl2N3OS2. The summed E-state index contributed by atoms with van der Waals surface area (Å²) in [4.78, 5) is 12.2. The summed E-state index contributed by atoms with van der Waals surface area (Å²) in [6.07, 6.45) is 2.15.